The third kappa shape index (κ3) is 1.49. The van der Waals surface area contributed by atoms with Crippen LogP contribution in [0.25, 0.3) is 11.0 Å². The third-order valence-corrected chi connectivity index (χ3v) is 2.44. The summed E-state index contributed by atoms with van der Waals surface area (Å²) in [4.78, 5) is 15.4. The van der Waals surface area contributed by atoms with E-state index in [-0.39, 0.29) is 6.17 Å². The van der Waals surface area contributed by atoms with Crippen LogP contribution in [0.5, 0.6) is 0 Å². The van der Waals surface area contributed by atoms with Crippen molar-refractivity contribution in [1.29, 1.82) is 0 Å². The second-order valence-electron chi connectivity index (χ2n) is 3.53. The maximum Gasteiger partial charge on any atom is 0.427 e. The minimum Gasteiger partial charge on any atom is -0.356 e. The maximum atomic E-state index is 10.8. The zero-order valence-electron chi connectivity index (χ0n) is 8.27. The molecular weight excluding hydrogens is 210 g/mol. The quantitative estimate of drug-likeness (QED) is 0.786. The zero-order chi connectivity index (χ0) is 11.0. The van der Waals surface area contributed by atoms with Crippen LogP contribution < -0.4 is 10.8 Å². The van der Waals surface area contributed by atoms with Gasteiger partial charge in [0.1, 0.15) is 6.17 Å². The lowest BCUT2D eigenvalue weighted by molar-refractivity contribution is 0.121. The molecule has 2 heterocycles. The van der Waals surface area contributed by atoms with Crippen LogP contribution in [0.15, 0.2) is 28.8 Å². The second kappa shape index (κ2) is 3.49. The molecule has 0 bridgehead atoms. The maximum absolute atomic E-state index is 10.8. The van der Waals surface area contributed by atoms with Gasteiger partial charge in [-0.2, -0.15) is 0 Å². The van der Waals surface area contributed by atoms with E-state index in [1.165, 1.54) is 0 Å². The van der Waals surface area contributed by atoms with Crippen molar-refractivity contribution < 1.29 is 14.2 Å². The molecule has 16 heavy (non-hydrogen) atoms. The summed E-state index contributed by atoms with van der Waals surface area (Å²) in [5, 5.41) is 7.51. The van der Waals surface area contributed by atoms with Crippen molar-refractivity contribution in [3.63, 3.8) is 0 Å². The lowest BCUT2D eigenvalue weighted by atomic mass is 10.1. The second-order valence-corrected chi connectivity index (χ2v) is 3.53. The lowest BCUT2D eigenvalue weighted by Crippen LogP contribution is -2.33. The van der Waals surface area contributed by atoms with E-state index >= 15 is 0 Å². The highest BCUT2D eigenvalue weighted by Gasteiger charge is 2.23. The summed E-state index contributed by atoms with van der Waals surface area (Å²) in [5.41, 5.74) is 4.10. The standard InChI is InChI=1S/C10H9N3O3/c14-10-11-9(13-16-10)5-7-6-3-1-2-4-8(6)15-12-7/h1-4,9,13H,5H2,(H,11,14). The van der Waals surface area contributed by atoms with Gasteiger partial charge < -0.3 is 14.7 Å². The molecule has 1 aromatic heterocycles. The monoisotopic (exact) mass is 219 g/mol. The SMILES string of the molecule is O=C1NC(Cc2noc3ccccc23)NO1. The normalized spacial score (nSPS) is 19.8. The summed E-state index contributed by atoms with van der Waals surface area (Å²) >= 11 is 0. The molecule has 1 unspecified atom stereocenters. The fourth-order valence-corrected chi connectivity index (χ4v) is 1.70. The fraction of sp³-hybridized carbons (Fsp3) is 0.200. The van der Waals surface area contributed by atoms with E-state index in [9.17, 15) is 4.79 Å². The fourth-order valence-electron chi connectivity index (χ4n) is 1.70. The highest BCUT2D eigenvalue weighted by molar-refractivity contribution is 5.79. The third-order valence-electron chi connectivity index (χ3n) is 2.44. The van der Waals surface area contributed by atoms with Gasteiger partial charge in [0.25, 0.3) is 0 Å². The molecule has 1 fully saturated rings. The molecule has 1 aliphatic rings. The van der Waals surface area contributed by atoms with Gasteiger partial charge in [0.05, 0.1) is 5.69 Å². The summed E-state index contributed by atoms with van der Waals surface area (Å²) in [7, 11) is 0. The molecule has 2 aromatic rings. The smallest absolute Gasteiger partial charge is 0.356 e. The highest BCUT2D eigenvalue weighted by atomic mass is 16.7. The van der Waals surface area contributed by atoms with Crippen LogP contribution in [0.1, 0.15) is 5.69 Å². The van der Waals surface area contributed by atoms with Crippen molar-refractivity contribution in [2.24, 2.45) is 0 Å². The molecule has 1 amide bonds. The number of benzene rings is 1. The lowest BCUT2D eigenvalue weighted by Gasteiger charge is -2.03. The number of hydrogen-bond donors (Lipinski definition) is 2. The predicted octanol–water partition coefficient (Wildman–Crippen LogP) is 0.941. The van der Waals surface area contributed by atoms with Crippen molar-refractivity contribution in [3.8, 4) is 0 Å². The summed E-state index contributed by atoms with van der Waals surface area (Å²) in [5.74, 6) is 0. The number of nitrogens with one attached hydrogen (secondary N) is 2. The molecule has 6 heteroatoms. The molecular formula is C10H9N3O3. The summed E-state index contributed by atoms with van der Waals surface area (Å²) in [6, 6.07) is 7.58. The van der Waals surface area contributed by atoms with Crippen LogP contribution in [-0.2, 0) is 11.3 Å². The Morgan fingerprint density at radius 1 is 1.38 bits per heavy atom. The van der Waals surface area contributed by atoms with Gasteiger partial charge in [-0.15, -0.1) is 5.48 Å². The number of fused-ring (bicyclic) bond motifs is 1. The summed E-state index contributed by atoms with van der Waals surface area (Å²) in [6.07, 6.45) is -0.221. The zero-order valence-corrected chi connectivity index (χ0v) is 8.27. The van der Waals surface area contributed by atoms with Crippen molar-refractivity contribution in [2.75, 3.05) is 0 Å². The molecule has 1 aromatic carbocycles. The molecule has 0 spiro atoms. The first-order valence-corrected chi connectivity index (χ1v) is 4.89. The number of para-hydroxylation sites is 1. The molecule has 2 N–H and O–H groups in total. The molecule has 1 saturated heterocycles. The minimum absolute atomic E-state index is 0.263. The van der Waals surface area contributed by atoms with E-state index in [2.05, 4.69) is 20.8 Å². The van der Waals surface area contributed by atoms with Crippen LogP contribution in [0.4, 0.5) is 4.79 Å². The Bertz CT molecular complexity index is 537. The van der Waals surface area contributed by atoms with Gasteiger partial charge in [-0.3, -0.25) is 0 Å². The van der Waals surface area contributed by atoms with Crippen LogP contribution in [0.2, 0.25) is 0 Å². The molecule has 1 atom stereocenters. The number of carbonyl (C=O) groups is 1. The van der Waals surface area contributed by atoms with E-state index in [4.69, 9.17) is 4.52 Å². The largest absolute Gasteiger partial charge is 0.427 e. The Labute approximate surface area is 90.5 Å². The molecule has 0 saturated carbocycles. The molecule has 3 rings (SSSR count). The Morgan fingerprint density at radius 3 is 3.06 bits per heavy atom. The average molecular weight is 219 g/mol. The summed E-state index contributed by atoms with van der Waals surface area (Å²) in [6.45, 7) is 0. The van der Waals surface area contributed by atoms with Gasteiger partial charge in [-0.05, 0) is 12.1 Å². The van der Waals surface area contributed by atoms with Crippen LogP contribution in [-0.4, -0.2) is 17.4 Å². The van der Waals surface area contributed by atoms with Gasteiger partial charge in [0, 0.05) is 11.8 Å². The van der Waals surface area contributed by atoms with Crippen molar-refractivity contribution in [1.82, 2.24) is 16.0 Å². The number of amides is 1. The number of hydrogen-bond acceptors (Lipinski definition) is 5. The number of nitrogens with zero attached hydrogens (tertiary/aromatic N) is 1. The average Bonchev–Trinajstić information content (AvgIpc) is 2.87. The van der Waals surface area contributed by atoms with E-state index in [0.717, 1.165) is 16.7 Å². The Kier molecular flexibility index (Phi) is 2.00. The minimum atomic E-state index is -0.474. The van der Waals surface area contributed by atoms with Crippen LogP contribution in [0, 0.1) is 0 Å². The van der Waals surface area contributed by atoms with Crippen molar-refractivity contribution in [3.05, 3.63) is 30.0 Å². The molecule has 0 radical (unpaired) electrons. The number of hydroxylamine groups is 1. The first-order valence-electron chi connectivity index (χ1n) is 4.89. The van der Waals surface area contributed by atoms with Gasteiger partial charge >= 0.3 is 6.09 Å². The number of carbonyl (C=O) groups excluding carboxylic acids is 1. The Balaban J connectivity index is 1.86. The molecule has 82 valence electrons. The number of aromatic nitrogens is 1. The first-order chi connectivity index (χ1) is 7.83. The predicted molar refractivity (Wildman–Crippen MR) is 54.3 cm³/mol. The van der Waals surface area contributed by atoms with Gasteiger partial charge in [-0.25, -0.2) is 4.79 Å². The molecule has 1 aliphatic heterocycles. The first kappa shape index (κ1) is 9.17. The van der Waals surface area contributed by atoms with Gasteiger partial charge in [0.2, 0.25) is 0 Å². The highest BCUT2D eigenvalue weighted by Crippen LogP contribution is 2.18. The van der Waals surface area contributed by atoms with Crippen LogP contribution in [0.3, 0.4) is 0 Å². The van der Waals surface area contributed by atoms with Gasteiger partial charge in [-0.1, -0.05) is 17.3 Å². The molecule has 6 nitrogen and oxygen atoms in total. The van der Waals surface area contributed by atoms with E-state index in [0.29, 0.717) is 6.42 Å². The van der Waals surface area contributed by atoms with Crippen LogP contribution >= 0.6 is 0 Å². The summed E-state index contributed by atoms with van der Waals surface area (Å²) < 4.78 is 5.15. The van der Waals surface area contributed by atoms with Gasteiger partial charge in [0.15, 0.2) is 5.58 Å². The topological polar surface area (TPSA) is 76.4 Å². The Hall–Kier alpha value is -2.08. The Morgan fingerprint density at radius 2 is 2.25 bits per heavy atom. The number of rotatable bonds is 2. The molecule has 0 aliphatic carbocycles. The van der Waals surface area contributed by atoms with Crippen molar-refractivity contribution in [2.45, 2.75) is 12.6 Å². The van der Waals surface area contributed by atoms with E-state index in [1.807, 2.05) is 24.3 Å². The van der Waals surface area contributed by atoms with E-state index in [1.54, 1.807) is 0 Å². The van der Waals surface area contributed by atoms with E-state index < -0.39 is 6.09 Å². The van der Waals surface area contributed by atoms with Crippen molar-refractivity contribution >= 4 is 17.1 Å².